The van der Waals surface area contributed by atoms with E-state index in [0.29, 0.717) is 36.7 Å². The predicted octanol–water partition coefficient (Wildman–Crippen LogP) is 3.72. The van der Waals surface area contributed by atoms with Crippen LogP contribution in [-0.4, -0.2) is 41.9 Å². The minimum absolute atomic E-state index is 0.00797. The van der Waals surface area contributed by atoms with Crippen LogP contribution in [-0.2, 0) is 21.4 Å². The fraction of sp³-hybridized carbons (Fsp3) is 0.348. The van der Waals surface area contributed by atoms with E-state index in [9.17, 15) is 13.2 Å². The van der Waals surface area contributed by atoms with E-state index in [1.54, 1.807) is 13.0 Å². The normalized spacial score (nSPS) is 15.5. The molecule has 33 heavy (non-hydrogen) atoms. The first-order chi connectivity index (χ1) is 15.7. The molecule has 1 aromatic heterocycles. The van der Waals surface area contributed by atoms with Crippen molar-refractivity contribution in [2.24, 2.45) is 5.92 Å². The second-order valence-corrected chi connectivity index (χ2v) is 10.5. The van der Waals surface area contributed by atoms with E-state index >= 15 is 0 Å². The van der Waals surface area contributed by atoms with Gasteiger partial charge in [0.25, 0.3) is 0 Å². The molecule has 0 atom stereocenters. The third kappa shape index (κ3) is 5.26. The van der Waals surface area contributed by atoms with Gasteiger partial charge in [-0.25, -0.2) is 8.42 Å². The lowest BCUT2D eigenvalue weighted by Crippen LogP contribution is -2.42. The predicted molar refractivity (Wildman–Crippen MR) is 124 cm³/mol. The van der Waals surface area contributed by atoms with Gasteiger partial charge in [0.05, 0.1) is 5.02 Å². The fourth-order valence-corrected chi connectivity index (χ4v) is 5.76. The zero-order chi connectivity index (χ0) is 23.6. The van der Waals surface area contributed by atoms with Crippen LogP contribution in [0, 0.1) is 19.8 Å². The number of aromatic nitrogens is 2. The number of hydrogen-bond donors (Lipinski definition) is 1. The van der Waals surface area contributed by atoms with Gasteiger partial charge in [0.2, 0.25) is 27.6 Å². The molecule has 1 saturated heterocycles. The lowest BCUT2D eigenvalue weighted by atomic mass is 9.97. The zero-order valence-corrected chi connectivity index (χ0v) is 20.0. The molecule has 0 spiro atoms. The second kappa shape index (κ2) is 9.62. The fourth-order valence-electron chi connectivity index (χ4n) is 3.79. The number of sulfonamides is 1. The highest BCUT2D eigenvalue weighted by Gasteiger charge is 2.33. The third-order valence-electron chi connectivity index (χ3n) is 5.75. The minimum Gasteiger partial charge on any atom is -0.352 e. The number of benzene rings is 2. The van der Waals surface area contributed by atoms with Crippen molar-refractivity contribution in [3.8, 4) is 11.4 Å². The summed E-state index contributed by atoms with van der Waals surface area (Å²) in [6, 6.07) is 12.6. The van der Waals surface area contributed by atoms with Gasteiger partial charge in [-0.3, -0.25) is 4.79 Å². The van der Waals surface area contributed by atoms with Crippen molar-refractivity contribution in [2.75, 3.05) is 13.1 Å². The quantitative estimate of drug-likeness (QED) is 0.566. The van der Waals surface area contributed by atoms with E-state index < -0.39 is 10.0 Å². The van der Waals surface area contributed by atoms with Gasteiger partial charge in [-0.05, 0) is 43.5 Å². The van der Waals surface area contributed by atoms with Crippen LogP contribution in [0.4, 0.5) is 0 Å². The first-order valence-corrected chi connectivity index (χ1v) is 12.5. The molecule has 0 saturated carbocycles. The van der Waals surface area contributed by atoms with Crippen LogP contribution >= 0.6 is 11.6 Å². The van der Waals surface area contributed by atoms with E-state index in [1.807, 2.05) is 31.2 Å². The van der Waals surface area contributed by atoms with Crippen LogP contribution < -0.4 is 5.32 Å². The SMILES string of the molecule is Cc1ccc(CNC(=O)C2CCN(S(=O)(=O)c3cc(-c4noc(C)n4)ccc3Cl)CC2)cc1. The van der Waals surface area contributed by atoms with Gasteiger partial charge in [-0.15, -0.1) is 0 Å². The molecule has 2 heterocycles. The molecule has 3 aromatic rings. The number of aryl methyl sites for hydroxylation is 2. The number of nitrogens with zero attached hydrogens (tertiary/aromatic N) is 3. The molecule has 10 heteroatoms. The number of hydrogen-bond acceptors (Lipinski definition) is 6. The average molecular weight is 489 g/mol. The average Bonchev–Trinajstić information content (AvgIpc) is 3.25. The maximum absolute atomic E-state index is 13.3. The van der Waals surface area contributed by atoms with E-state index in [1.165, 1.54) is 16.4 Å². The van der Waals surface area contributed by atoms with Crippen molar-refractivity contribution in [3.63, 3.8) is 0 Å². The van der Waals surface area contributed by atoms with Crippen molar-refractivity contribution < 1.29 is 17.7 Å². The Hall–Kier alpha value is -2.75. The van der Waals surface area contributed by atoms with Gasteiger partial charge in [-0.2, -0.15) is 9.29 Å². The molecule has 4 rings (SSSR count). The standard InChI is InChI=1S/C23H25ClN4O4S/c1-15-3-5-17(6-4-15)14-25-23(29)18-9-11-28(12-10-18)33(30,31)21-13-19(7-8-20(21)24)22-26-16(2)32-27-22/h3-8,13,18H,9-12,14H2,1-2H3,(H,25,29). The second-order valence-electron chi connectivity index (χ2n) is 8.16. The molecular formula is C23H25ClN4O4S. The first kappa shape index (κ1) is 23.4. The molecular weight excluding hydrogens is 464 g/mol. The molecule has 0 aliphatic carbocycles. The van der Waals surface area contributed by atoms with Crippen LogP contribution in [0.25, 0.3) is 11.4 Å². The Kier molecular flexibility index (Phi) is 6.83. The summed E-state index contributed by atoms with van der Waals surface area (Å²) in [4.78, 5) is 16.7. The number of piperidine rings is 1. The van der Waals surface area contributed by atoms with E-state index in [2.05, 4.69) is 15.5 Å². The Labute approximate surface area is 198 Å². The highest BCUT2D eigenvalue weighted by molar-refractivity contribution is 7.89. The molecule has 1 N–H and O–H groups in total. The van der Waals surface area contributed by atoms with E-state index in [4.69, 9.17) is 16.1 Å². The summed E-state index contributed by atoms with van der Waals surface area (Å²) in [5.41, 5.74) is 2.69. The number of nitrogens with one attached hydrogen (secondary N) is 1. The summed E-state index contributed by atoms with van der Waals surface area (Å²) >= 11 is 6.25. The molecule has 2 aromatic carbocycles. The first-order valence-electron chi connectivity index (χ1n) is 10.7. The summed E-state index contributed by atoms with van der Waals surface area (Å²) < 4.78 is 32.9. The zero-order valence-electron chi connectivity index (χ0n) is 18.4. The molecule has 1 amide bonds. The molecule has 1 aliphatic rings. The summed E-state index contributed by atoms with van der Waals surface area (Å²) in [7, 11) is -3.84. The third-order valence-corrected chi connectivity index (χ3v) is 8.13. The highest BCUT2D eigenvalue weighted by Crippen LogP contribution is 2.31. The monoisotopic (exact) mass is 488 g/mol. The maximum Gasteiger partial charge on any atom is 0.244 e. The van der Waals surface area contributed by atoms with Gasteiger partial charge in [0.1, 0.15) is 4.90 Å². The maximum atomic E-state index is 13.3. The van der Waals surface area contributed by atoms with Gasteiger partial charge in [0.15, 0.2) is 0 Å². The van der Waals surface area contributed by atoms with Gasteiger partial charge in [0, 0.05) is 38.0 Å². The molecule has 1 fully saturated rings. The topological polar surface area (TPSA) is 105 Å². The van der Waals surface area contributed by atoms with Crippen molar-refractivity contribution in [3.05, 3.63) is 64.5 Å². The summed E-state index contributed by atoms with van der Waals surface area (Å²) in [5.74, 6) is 0.391. The summed E-state index contributed by atoms with van der Waals surface area (Å²) in [6.45, 7) is 4.61. The van der Waals surface area contributed by atoms with Crippen molar-refractivity contribution >= 4 is 27.5 Å². The Bertz CT molecular complexity index is 1250. The van der Waals surface area contributed by atoms with Crippen molar-refractivity contribution in [2.45, 2.75) is 38.1 Å². The Morgan fingerprint density at radius 1 is 1.15 bits per heavy atom. The lowest BCUT2D eigenvalue weighted by Gasteiger charge is -2.30. The van der Waals surface area contributed by atoms with E-state index in [-0.39, 0.29) is 34.8 Å². The summed E-state index contributed by atoms with van der Waals surface area (Å²) in [5, 5.41) is 6.92. The van der Waals surface area contributed by atoms with Gasteiger partial charge in [-0.1, -0.05) is 46.6 Å². The Morgan fingerprint density at radius 2 is 1.85 bits per heavy atom. The van der Waals surface area contributed by atoms with Gasteiger partial charge >= 0.3 is 0 Å². The summed E-state index contributed by atoms with van der Waals surface area (Å²) in [6.07, 6.45) is 0.889. The van der Waals surface area contributed by atoms with Crippen molar-refractivity contribution in [1.82, 2.24) is 19.8 Å². The minimum atomic E-state index is -3.84. The molecule has 1 aliphatic heterocycles. The highest BCUT2D eigenvalue weighted by atomic mass is 35.5. The smallest absolute Gasteiger partial charge is 0.244 e. The van der Waals surface area contributed by atoms with Gasteiger partial charge < -0.3 is 9.84 Å². The largest absolute Gasteiger partial charge is 0.352 e. The number of halogens is 1. The molecule has 0 unspecified atom stereocenters. The van der Waals surface area contributed by atoms with Crippen LogP contribution in [0.3, 0.4) is 0 Å². The Morgan fingerprint density at radius 3 is 2.48 bits per heavy atom. The van der Waals surface area contributed by atoms with Crippen LogP contribution in [0.2, 0.25) is 5.02 Å². The number of rotatable bonds is 6. The van der Waals surface area contributed by atoms with Crippen LogP contribution in [0.5, 0.6) is 0 Å². The molecule has 0 bridgehead atoms. The molecule has 174 valence electrons. The number of amides is 1. The van der Waals surface area contributed by atoms with Crippen LogP contribution in [0.15, 0.2) is 51.9 Å². The Balaban J connectivity index is 1.40. The van der Waals surface area contributed by atoms with E-state index in [0.717, 1.165) is 11.1 Å². The molecule has 0 radical (unpaired) electrons. The number of carbonyl (C=O) groups is 1. The number of carbonyl (C=O) groups excluding carboxylic acids is 1. The lowest BCUT2D eigenvalue weighted by molar-refractivity contribution is -0.126. The molecule has 8 nitrogen and oxygen atoms in total. The van der Waals surface area contributed by atoms with Crippen LogP contribution in [0.1, 0.15) is 29.9 Å². The van der Waals surface area contributed by atoms with Crippen molar-refractivity contribution in [1.29, 1.82) is 0 Å².